The first-order valence-electron chi connectivity index (χ1n) is 9.59. The molecule has 28 heavy (non-hydrogen) atoms. The predicted octanol–water partition coefficient (Wildman–Crippen LogP) is 3.30. The lowest BCUT2D eigenvalue weighted by Gasteiger charge is -2.35. The summed E-state index contributed by atoms with van der Waals surface area (Å²) in [4.78, 5) is 22.0. The van der Waals surface area contributed by atoms with E-state index in [0.717, 1.165) is 55.2 Å². The number of benzene rings is 1. The number of hydrogen-bond donors (Lipinski definition) is 0. The molecule has 4 rings (SSSR count). The van der Waals surface area contributed by atoms with Gasteiger partial charge in [-0.15, -0.1) is 11.3 Å². The minimum Gasteiger partial charge on any atom is -0.354 e. The van der Waals surface area contributed by atoms with Crippen molar-refractivity contribution in [3.63, 3.8) is 0 Å². The van der Waals surface area contributed by atoms with Gasteiger partial charge >= 0.3 is 0 Å². The van der Waals surface area contributed by atoms with Gasteiger partial charge in [0.25, 0.3) is 0 Å². The first-order chi connectivity index (χ1) is 13.6. The molecule has 0 amide bonds. The second kappa shape index (κ2) is 8.24. The summed E-state index contributed by atoms with van der Waals surface area (Å²) in [6.07, 6.45) is 2.02. The maximum Gasteiger partial charge on any atom is 0.226 e. The zero-order chi connectivity index (χ0) is 19.5. The van der Waals surface area contributed by atoms with Crippen LogP contribution in [0.5, 0.6) is 0 Å². The topological polar surface area (TPSA) is 48.4 Å². The molecule has 0 atom stereocenters. The first-order valence-corrected chi connectivity index (χ1v) is 10.4. The number of thiazole rings is 1. The summed E-state index contributed by atoms with van der Waals surface area (Å²) in [6, 6.07) is 12.5. The van der Waals surface area contributed by atoms with Crippen molar-refractivity contribution >= 4 is 23.1 Å². The Balaban J connectivity index is 1.37. The van der Waals surface area contributed by atoms with E-state index in [1.54, 1.807) is 11.3 Å². The zero-order valence-electron chi connectivity index (χ0n) is 16.7. The van der Waals surface area contributed by atoms with Gasteiger partial charge in [-0.3, -0.25) is 4.90 Å². The highest BCUT2D eigenvalue weighted by atomic mass is 32.1. The average molecular weight is 395 g/mol. The van der Waals surface area contributed by atoms with Crippen LogP contribution >= 0.6 is 11.3 Å². The second-order valence-electron chi connectivity index (χ2n) is 7.32. The van der Waals surface area contributed by atoms with Gasteiger partial charge in [-0.05, 0) is 6.92 Å². The zero-order valence-corrected chi connectivity index (χ0v) is 17.5. The Hall–Kier alpha value is -2.51. The van der Waals surface area contributed by atoms with Crippen molar-refractivity contribution < 1.29 is 0 Å². The van der Waals surface area contributed by atoms with E-state index in [-0.39, 0.29) is 0 Å². The first kappa shape index (κ1) is 18.8. The molecule has 6 nitrogen and oxygen atoms in total. The number of nitrogens with zero attached hydrogens (tertiary/aromatic N) is 6. The number of aromatic nitrogens is 3. The van der Waals surface area contributed by atoms with Crippen LogP contribution in [-0.4, -0.2) is 60.1 Å². The van der Waals surface area contributed by atoms with E-state index in [1.807, 2.05) is 38.2 Å². The molecule has 0 saturated carbocycles. The molecule has 0 spiro atoms. The number of piperazine rings is 1. The highest BCUT2D eigenvalue weighted by Crippen LogP contribution is 2.26. The summed E-state index contributed by atoms with van der Waals surface area (Å²) in [5, 5.41) is 1.10. The highest BCUT2D eigenvalue weighted by Gasteiger charge is 2.20. The lowest BCUT2D eigenvalue weighted by Crippen LogP contribution is -2.46. The second-order valence-corrected chi connectivity index (χ2v) is 8.44. The average Bonchev–Trinajstić information content (AvgIpc) is 3.17. The van der Waals surface area contributed by atoms with E-state index < -0.39 is 0 Å². The van der Waals surface area contributed by atoms with E-state index in [9.17, 15) is 0 Å². The molecule has 0 radical (unpaired) electrons. The Morgan fingerprint density at radius 1 is 1.04 bits per heavy atom. The molecule has 3 aromatic rings. The summed E-state index contributed by atoms with van der Waals surface area (Å²) >= 11 is 1.79. The van der Waals surface area contributed by atoms with Gasteiger partial charge in [0.05, 0.1) is 0 Å². The van der Waals surface area contributed by atoms with Crippen molar-refractivity contribution in [2.45, 2.75) is 13.5 Å². The third-order valence-corrected chi connectivity index (χ3v) is 5.91. The van der Waals surface area contributed by atoms with Crippen molar-refractivity contribution in [1.29, 1.82) is 0 Å². The minimum absolute atomic E-state index is 0.774. The third-order valence-electron chi connectivity index (χ3n) is 4.88. The summed E-state index contributed by atoms with van der Waals surface area (Å²) < 4.78 is 0. The fourth-order valence-electron chi connectivity index (χ4n) is 3.35. The third kappa shape index (κ3) is 4.31. The van der Waals surface area contributed by atoms with Crippen LogP contribution in [-0.2, 0) is 6.54 Å². The van der Waals surface area contributed by atoms with Crippen molar-refractivity contribution in [3.8, 4) is 10.6 Å². The fraction of sp³-hybridized carbons (Fsp3) is 0.381. The number of rotatable bonds is 5. The molecule has 1 aliphatic heterocycles. The Morgan fingerprint density at radius 2 is 1.79 bits per heavy atom. The molecule has 1 aromatic carbocycles. The molecule has 2 aromatic heterocycles. The molecular formula is C21H26N6S. The van der Waals surface area contributed by atoms with E-state index in [4.69, 9.17) is 4.98 Å². The summed E-state index contributed by atoms with van der Waals surface area (Å²) in [5.41, 5.74) is 2.20. The van der Waals surface area contributed by atoms with E-state index in [2.05, 4.69) is 50.1 Å². The maximum absolute atomic E-state index is 4.72. The lowest BCUT2D eigenvalue weighted by atomic mass is 10.2. The van der Waals surface area contributed by atoms with Gasteiger partial charge in [0.2, 0.25) is 5.95 Å². The molecule has 146 valence electrons. The van der Waals surface area contributed by atoms with Crippen LogP contribution in [0.2, 0.25) is 0 Å². The molecule has 0 unspecified atom stereocenters. The van der Waals surface area contributed by atoms with Crippen LogP contribution in [0.3, 0.4) is 0 Å². The lowest BCUT2D eigenvalue weighted by molar-refractivity contribution is 0.251. The molecule has 1 aliphatic rings. The van der Waals surface area contributed by atoms with Crippen molar-refractivity contribution in [2.24, 2.45) is 0 Å². The van der Waals surface area contributed by atoms with Crippen molar-refractivity contribution in [2.75, 3.05) is 50.1 Å². The van der Waals surface area contributed by atoms with Crippen LogP contribution in [0, 0.1) is 6.92 Å². The molecule has 1 fully saturated rings. The largest absolute Gasteiger partial charge is 0.354 e. The van der Waals surface area contributed by atoms with Crippen LogP contribution in [0.15, 0.2) is 42.6 Å². The van der Waals surface area contributed by atoms with Gasteiger partial charge < -0.3 is 9.80 Å². The normalized spacial score (nSPS) is 15.0. The predicted molar refractivity (Wildman–Crippen MR) is 116 cm³/mol. The van der Waals surface area contributed by atoms with Crippen LogP contribution in [0.25, 0.3) is 10.6 Å². The van der Waals surface area contributed by atoms with Gasteiger partial charge in [0.15, 0.2) is 0 Å². The van der Waals surface area contributed by atoms with Crippen molar-refractivity contribution in [3.05, 3.63) is 53.2 Å². The van der Waals surface area contributed by atoms with Gasteiger partial charge in [0, 0.05) is 75.2 Å². The van der Waals surface area contributed by atoms with Crippen molar-refractivity contribution in [1.82, 2.24) is 19.9 Å². The quantitative estimate of drug-likeness (QED) is 0.662. The summed E-state index contributed by atoms with van der Waals surface area (Å²) in [6.45, 7) is 7.01. The standard InChI is InChI=1S/C21H26N6S/c1-16-13-19(24-21(23-16)25(2)3)27-11-9-26(10-12-27)15-18-14-22-20(28-18)17-7-5-4-6-8-17/h4-8,13-14H,9-12,15H2,1-3H3. The number of hydrogen-bond acceptors (Lipinski definition) is 7. The van der Waals surface area contributed by atoms with Gasteiger partial charge in [-0.1, -0.05) is 30.3 Å². The molecule has 0 aliphatic carbocycles. The Kier molecular flexibility index (Phi) is 5.54. The molecule has 1 saturated heterocycles. The monoisotopic (exact) mass is 394 g/mol. The Bertz CT molecular complexity index is 916. The van der Waals surface area contributed by atoms with Crippen LogP contribution < -0.4 is 9.80 Å². The molecule has 0 N–H and O–H groups in total. The highest BCUT2D eigenvalue weighted by molar-refractivity contribution is 7.15. The van der Waals surface area contributed by atoms with Crippen LogP contribution in [0.1, 0.15) is 10.6 Å². The van der Waals surface area contributed by atoms with Gasteiger partial charge in [0.1, 0.15) is 10.8 Å². The molecular weight excluding hydrogens is 368 g/mol. The van der Waals surface area contributed by atoms with Gasteiger partial charge in [-0.2, -0.15) is 4.98 Å². The fourth-order valence-corrected chi connectivity index (χ4v) is 4.31. The van der Waals surface area contributed by atoms with Gasteiger partial charge in [-0.25, -0.2) is 9.97 Å². The SMILES string of the molecule is Cc1cc(N2CCN(Cc3cnc(-c4ccccc4)s3)CC2)nc(N(C)C)n1. The summed E-state index contributed by atoms with van der Waals surface area (Å²) in [7, 11) is 3.96. The smallest absolute Gasteiger partial charge is 0.226 e. The maximum atomic E-state index is 4.72. The summed E-state index contributed by atoms with van der Waals surface area (Å²) in [5.74, 6) is 1.80. The van der Waals surface area contributed by atoms with E-state index >= 15 is 0 Å². The molecule has 7 heteroatoms. The Labute approximate surface area is 170 Å². The van der Waals surface area contributed by atoms with E-state index in [1.165, 1.54) is 10.4 Å². The molecule has 3 heterocycles. The number of anilines is 2. The minimum atomic E-state index is 0.774. The number of aryl methyl sites for hydroxylation is 1. The van der Waals surface area contributed by atoms with Crippen LogP contribution in [0.4, 0.5) is 11.8 Å². The van der Waals surface area contributed by atoms with E-state index in [0.29, 0.717) is 0 Å². The molecule has 0 bridgehead atoms. The Morgan fingerprint density at radius 3 is 2.50 bits per heavy atom.